The molecule has 2 heterocycles. The van der Waals surface area contributed by atoms with Gasteiger partial charge < -0.3 is 13.9 Å². The summed E-state index contributed by atoms with van der Waals surface area (Å²) < 4.78 is 10.6. The van der Waals surface area contributed by atoms with Crippen LogP contribution in [0.15, 0.2) is 73.0 Å². The lowest BCUT2D eigenvalue weighted by molar-refractivity contribution is 0.473. The summed E-state index contributed by atoms with van der Waals surface area (Å²) in [6.07, 6.45) is 0. The minimum absolute atomic E-state index is 0.0387. The predicted molar refractivity (Wildman–Crippen MR) is 85.6 cm³/mol. The molecule has 1 N–H and O–H groups in total. The van der Waals surface area contributed by atoms with Gasteiger partial charge in [0.05, 0.1) is 10.9 Å². The first-order valence-corrected chi connectivity index (χ1v) is 6.92. The topological polar surface area (TPSA) is 80.7 Å². The Labute approximate surface area is 129 Å². The van der Waals surface area contributed by atoms with E-state index < -0.39 is 11.3 Å². The molecule has 0 saturated carbocycles. The van der Waals surface area contributed by atoms with E-state index in [9.17, 15) is 14.7 Å². The van der Waals surface area contributed by atoms with Crippen molar-refractivity contribution in [3.8, 4) is 16.9 Å². The Bertz CT molecular complexity index is 1150. The molecule has 23 heavy (non-hydrogen) atoms. The van der Waals surface area contributed by atoms with Crippen molar-refractivity contribution in [2.75, 3.05) is 0 Å². The largest absolute Gasteiger partial charge is 0.508 e. The van der Waals surface area contributed by atoms with Gasteiger partial charge in [-0.15, -0.1) is 0 Å². The van der Waals surface area contributed by atoms with E-state index in [0.717, 1.165) is 0 Å². The molecule has 2 aromatic carbocycles. The standard InChI is InChI=1S/C18H10O5/c19-11-6-7-12-15(8-11)22-18(21)14-9-13(17(20)23-16(12)14)10-4-2-1-3-5-10/h1-9,19H. The molecule has 0 amide bonds. The Kier molecular flexibility index (Phi) is 2.81. The van der Waals surface area contributed by atoms with Gasteiger partial charge in [0.2, 0.25) is 0 Å². The van der Waals surface area contributed by atoms with Crippen LogP contribution in [-0.2, 0) is 0 Å². The van der Waals surface area contributed by atoms with Crippen molar-refractivity contribution in [3.63, 3.8) is 0 Å². The molecule has 0 spiro atoms. The number of hydrogen-bond donors (Lipinski definition) is 1. The van der Waals surface area contributed by atoms with E-state index in [0.29, 0.717) is 16.5 Å². The van der Waals surface area contributed by atoms with Gasteiger partial charge in [-0.1, -0.05) is 30.3 Å². The summed E-state index contributed by atoms with van der Waals surface area (Å²) in [5, 5.41) is 10.1. The van der Waals surface area contributed by atoms with Crippen LogP contribution in [-0.4, -0.2) is 5.11 Å². The van der Waals surface area contributed by atoms with E-state index in [4.69, 9.17) is 8.83 Å². The summed E-state index contributed by atoms with van der Waals surface area (Å²) in [5.41, 5.74) is 0.110. The van der Waals surface area contributed by atoms with E-state index in [1.54, 1.807) is 30.3 Å². The summed E-state index contributed by atoms with van der Waals surface area (Å²) in [7, 11) is 0. The van der Waals surface area contributed by atoms with Crippen LogP contribution in [0, 0.1) is 0 Å². The van der Waals surface area contributed by atoms with Crippen LogP contribution in [0.5, 0.6) is 5.75 Å². The molecule has 5 heteroatoms. The van der Waals surface area contributed by atoms with Crippen molar-refractivity contribution in [2.24, 2.45) is 0 Å². The fraction of sp³-hybridized carbons (Fsp3) is 0. The monoisotopic (exact) mass is 306 g/mol. The maximum atomic E-state index is 12.3. The third kappa shape index (κ3) is 2.10. The molecule has 2 aromatic heterocycles. The van der Waals surface area contributed by atoms with Crippen molar-refractivity contribution >= 4 is 21.9 Å². The molecule has 0 bridgehead atoms. The maximum absolute atomic E-state index is 12.3. The highest BCUT2D eigenvalue weighted by atomic mass is 16.4. The predicted octanol–water partition coefficient (Wildman–Crippen LogP) is 3.27. The molecule has 0 radical (unpaired) electrons. The molecule has 4 aromatic rings. The minimum atomic E-state index is -0.626. The van der Waals surface area contributed by atoms with Gasteiger partial charge in [0, 0.05) is 6.07 Å². The average molecular weight is 306 g/mol. The summed E-state index contributed by atoms with van der Waals surface area (Å²) in [6.45, 7) is 0. The lowest BCUT2D eigenvalue weighted by Gasteiger charge is -2.04. The van der Waals surface area contributed by atoms with Crippen molar-refractivity contribution in [1.29, 1.82) is 0 Å². The van der Waals surface area contributed by atoms with Crippen LogP contribution in [0.3, 0.4) is 0 Å². The minimum Gasteiger partial charge on any atom is -0.508 e. The van der Waals surface area contributed by atoms with Crippen molar-refractivity contribution in [2.45, 2.75) is 0 Å². The fourth-order valence-electron chi connectivity index (χ4n) is 2.58. The van der Waals surface area contributed by atoms with Crippen LogP contribution >= 0.6 is 0 Å². The fourth-order valence-corrected chi connectivity index (χ4v) is 2.58. The lowest BCUT2D eigenvalue weighted by Crippen LogP contribution is -2.07. The molecule has 0 aliphatic heterocycles. The highest BCUT2D eigenvalue weighted by Gasteiger charge is 2.14. The van der Waals surface area contributed by atoms with E-state index in [1.807, 2.05) is 6.07 Å². The number of fused-ring (bicyclic) bond motifs is 3. The van der Waals surface area contributed by atoms with E-state index in [2.05, 4.69) is 0 Å². The number of phenols is 1. The number of rotatable bonds is 1. The first-order chi connectivity index (χ1) is 11.1. The second-order valence-electron chi connectivity index (χ2n) is 5.13. The number of phenolic OH excluding ortho intramolecular Hbond substituents is 1. The van der Waals surface area contributed by atoms with E-state index in [-0.39, 0.29) is 22.3 Å². The van der Waals surface area contributed by atoms with Gasteiger partial charge in [0.25, 0.3) is 0 Å². The zero-order valence-corrected chi connectivity index (χ0v) is 11.8. The van der Waals surface area contributed by atoms with Gasteiger partial charge in [-0.05, 0) is 23.8 Å². The van der Waals surface area contributed by atoms with Gasteiger partial charge in [0.15, 0.2) is 5.58 Å². The Hall–Kier alpha value is -3.34. The first kappa shape index (κ1) is 13.3. The number of benzene rings is 2. The van der Waals surface area contributed by atoms with Crippen molar-refractivity contribution in [1.82, 2.24) is 0 Å². The molecule has 4 rings (SSSR count). The normalized spacial score (nSPS) is 11.1. The molecule has 0 unspecified atom stereocenters. The molecule has 0 aliphatic carbocycles. The summed E-state index contributed by atoms with van der Waals surface area (Å²) >= 11 is 0. The third-order valence-corrected chi connectivity index (χ3v) is 3.67. The molecule has 0 fully saturated rings. The van der Waals surface area contributed by atoms with Gasteiger partial charge in [-0.25, -0.2) is 9.59 Å². The van der Waals surface area contributed by atoms with Crippen molar-refractivity contribution in [3.05, 3.63) is 75.4 Å². The molecule has 0 aliphatic rings. The highest BCUT2D eigenvalue weighted by molar-refractivity contribution is 6.01. The van der Waals surface area contributed by atoms with E-state index >= 15 is 0 Å². The second-order valence-corrected chi connectivity index (χ2v) is 5.13. The molecular weight excluding hydrogens is 296 g/mol. The summed E-state index contributed by atoms with van der Waals surface area (Å²) in [4.78, 5) is 24.5. The average Bonchev–Trinajstić information content (AvgIpc) is 2.55. The Morgan fingerprint density at radius 1 is 0.783 bits per heavy atom. The Balaban J connectivity index is 2.13. The van der Waals surface area contributed by atoms with Crippen LogP contribution in [0.2, 0.25) is 0 Å². The van der Waals surface area contributed by atoms with E-state index in [1.165, 1.54) is 18.2 Å². The highest BCUT2D eigenvalue weighted by Crippen LogP contribution is 2.27. The van der Waals surface area contributed by atoms with Crippen LogP contribution < -0.4 is 11.3 Å². The molecular formula is C18H10O5. The number of hydrogen-bond acceptors (Lipinski definition) is 5. The van der Waals surface area contributed by atoms with Gasteiger partial charge in [-0.3, -0.25) is 0 Å². The summed E-state index contributed by atoms with van der Waals surface area (Å²) in [5.74, 6) is -0.0387. The third-order valence-electron chi connectivity index (χ3n) is 3.67. The van der Waals surface area contributed by atoms with Gasteiger partial charge in [-0.2, -0.15) is 0 Å². The van der Waals surface area contributed by atoms with Gasteiger partial charge >= 0.3 is 11.3 Å². The van der Waals surface area contributed by atoms with Crippen molar-refractivity contribution < 1.29 is 13.9 Å². The molecule has 5 nitrogen and oxygen atoms in total. The zero-order chi connectivity index (χ0) is 16.0. The zero-order valence-electron chi connectivity index (χ0n) is 11.8. The SMILES string of the molecule is O=c1oc2c(cc1-c1ccccc1)c(=O)oc1cc(O)ccc12. The van der Waals surface area contributed by atoms with Crippen LogP contribution in [0.4, 0.5) is 0 Å². The summed E-state index contributed by atoms with van der Waals surface area (Å²) in [6, 6.07) is 14.7. The molecule has 0 atom stereocenters. The second kappa shape index (κ2) is 4.84. The maximum Gasteiger partial charge on any atom is 0.347 e. The van der Waals surface area contributed by atoms with Crippen LogP contribution in [0.25, 0.3) is 33.1 Å². The molecule has 0 saturated heterocycles. The Morgan fingerprint density at radius 2 is 1.57 bits per heavy atom. The smallest absolute Gasteiger partial charge is 0.347 e. The van der Waals surface area contributed by atoms with Gasteiger partial charge in [0.1, 0.15) is 16.7 Å². The quantitative estimate of drug-likeness (QED) is 0.431. The molecule has 112 valence electrons. The van der Waals surface area contributed by atoms with Crippen LogP contribution in [0.1, 0.15) is 0 Å². The lowest BCUT2D eigenvalue weighted by atomic mass is 10.1. The first-order valence-electron chi connectivity index (χ1n) is 6.92. The Morgan fingerprint density at radius 3 is 2.35 bits per heavy atom. The number of aromatic hydroxyl groups is 1.